The van der Waals surface area contributed by atoms with Gasteiger partial charge >= 0.3 is 0 Å². The second-order valence-corrected chi connectivity index (χ2v) is 2.82. The molecule has 4 atom stereocenters. The van der Waals surface area contributed by atoms with Crippen molar-refractivity contribution in [2.24, 2.45) is 0 Å². The van der Waals surface area contributed by atoms with E-state index in [0.717, 1.165) is 0 Å². The second kappa shape index (κ2) is 4.15. The van der Waals surface area contributed by atoms with Gasteiger partial charge in [-0.2, -0.15) is 0 Å². The normalized spacial score (nSPS) is 43.0. The molecule has 3 N–H and O–H groups in total. The SMILES string of the molecule is CO[C@H]1C[C@@H](O)[C@H](O)[C@@H](CO)O1. The Labute approximate surface area is 70.5 Å². The zero-order valence-corrected chi connectivity index (χ0v) is 6.88. The highest BCUT2D eigenvalue weighted by Crippen LogP contribution is 2.20. The van der Waals surface area contributed by atoms with Crippen molar-refractivity contribution in [2.75, 3.05) is 13.7 Å². The van der Waals surface area contributed by atoms with Crippen molar-refractivity contribution in [1.29, 1.82) is 0 Å². The zero-order chi connectivity index (χ0) is 9.14. The molecule has 5 nitrogen and oxygen atoms in total. The Hall–Kier alpha value is -0.200. The lowest BCUT2D eigenvalue weighted by Crippen LogP contribution is -2.50. The lowest BCUT2D eigenvalue weighted by molar-refractivity contribution is -0.248. The summed E-state index contributed by atoms with van der Waals surface area (Å²) >= 11 is 0. The molecule has 72 valence electrons. The van der Waals surface area contributed by atoms with Crippen LogP contribution in [0.2, 0.25) is 0 Å². The molecule has 1 fully saturated rings. The van der Waals surface area contributed by atoms with Crippen LogP contribution >= 0.6 is 0 Å². The minimum Gasteiger partial charge on any atom is -0.394 e. The van der Waals surface area contributed by atoms with E-state index in [4.69, 9.17) is 14.6 Å². The van der Waals surface area contributed by atoms with Crippen LogP contribution < -0.4 is 0 Å². The third kappa shape index (κ3) is 1.94. The Morgan fingerprint density at radius 2 is 2.17 bits per heavy atom. The van der Waals surface area contributed by atoms with Gasteiger partial charge in [-0.3, -0.25) is 0 Å². The molecular weight excluding hydrogens is 164 g/mol. The molecule has 0 aromatic rings. The Balaban J connectivity index is 2.52. The molecule has 1 aliphatic heterocycles. The van der Waals surface area contributed by atoms with E-state index in [1.54, 1.807) is 0 Å². The molecule has 0 aliphatic carbocycles. The second-order valence-electron chi connectivity index (χ2n) is 2.82. The smallest absolute Gasteiger partial charge is 0.160 e. The van der Waals surface area contributed by atoms with Gasteiger partial charge in [-0.15, -0.1) is 0 Å². The van der Waals surface area contributed by atoms with Crippen molar-refractivity contribution in [3.05, 3.63) is 0 Å². The van der Waals surface area contributed by atoms with Gasteiger partial charge in [0.25, 0.3) is 0 Å². The molecule has 0 spiro atoms. The van der Waals surface area contributed by atoms with E-state index in [1.165, 1.54) is 7.11 Å². The predicted octanol–water partition coefficient (Wildman–Crippen LogP) is -1.54. The molecule has 0 saturated carbocycles. The van der Waals surface area contributed by atoms with E-state index in [0.29, 0.717) is 0 Å². The number of aliphatic hydroxyl groups excluding tert-OH is 3. The summed E-state index contributed by atoms with van der Waals surface area (Å²) in [6, 6.07) is 0. The summed E-state index contributed by atoms with van der Waals surface area (Å²) in [5, 5.41) is 27.3. The topological polar surface area (TPSA) is 79.2 Å². The first-order chi connectivity index (χ1) is 5.69. The standard InChI is InChI=1S/C7H14O5/c1-11-6-2-4(9)7(10)5(3-8)12-6/h4-10H,2-3H2,1H3/t4-,5-,6-,7+/m1/s1. The molecule has 1 aliphatic rings. The number of hydrogen-bond acceptors (Lipinski definition) is 5. The predicted molar refractivity (Wildman–Crippen MR) is 39.4 cm³/mol. The van der Waals surface area contributed by atoms with E-state index in [1.807, 2.05) is 0 Å². The van der Waals surface area contributed by atoms with Crippen molar-refractivity contribution in [3.63, 3.8) is 0 Å². The van der Waals surface area contributed by atoms with Gasteiger partial charge in [0, 0.05) is 13.5 Å². The average molecular weight is 178 g/mol. The molecule has 5 heteroatoms. The summed E-state index contributed by atoms with van der Waals surface area (Å²) in [7, 11) is 1.45. The van der Waals surface area contributed by atoms with Crippen molar-refractivity contribution >= 4 is 0 Å². The van der Waals surface area contributed by atoms with Crippen LogP contribution in [0.25, 0.3) is 0 Å². The first-order valence-corrected chi connectivity index (χ1v) is 3.84. The maximum absolute atomic E-state index is 9.26. The first kappa shape index (κ1) is 9.88. The van der Waals surface area contributed by atoms with Crippen LogP contribution in [0.5, 0.6) is 0 Å². The zero-order valence-electron chi connectivity index (χ0n) is 6.88. The van der Waals surface area contributed by atoms with Crippen LogP contribution in [0.1, 0.15) is 6.42 Å². The highest BCUT2D eigenvalue weighted by atomic mass is 16.7. The van der Waals surface area contributed by atoms with Crippen molar-refractivity contribution < 1.29 is 24.8 Å². The molecule has 0 radical (unpaired) electrons. The van der Waals surface area contributed by atoms with Crippen LogP contribution in [0.15, 0.2) is 0 Å². The van der Waals surface area contributed by atoms with Gasteiger partial charge in [0.05, 0.1) is 12.7 Å². The average Bonchev–Trinajstić information content (AvgIpc) is 2.09. The number of hydrogen-bond donors (Lipinski definition) is 3. The number of methoxy groups -OCH3 is 1. The van der Waals surface area contributed by atoms with Gasteiger partial charge in [-0.05, 0) is 0 Å². The van der Waals surface area contributed by atoms with E-state index >= 15 is 0 Å². The maximum Gasteiger partial charge on any atom is 0.160 e. The highest BCUT2D eigenvalue weighted by molar-refractivity contribution is 4.81. The summed E-state index contributed by atoms with van der Waals surface area (Å²) in [6.07, 6.45) is -2.98. The van der Waals surface area contributed by atoms with Crippen molar-refractivity contribution in [2.45, 2.75) is 31.0 Å². The van der Waals surface area contributed by atoms with Crippen LogP contribution in [0.4, 0.5) is 0 Å². The first-order valence-electron chi connectivity index (χ1n) is 3.84. The Bertz CT molecular complexity index is 140. The number of aliphatic hydroxyl groups is 3. The molecule has 0 aromatic heterocycles. The van der Waals surface area contributed by atoms with E-state index in [2.05, 4.69) is 0 Å². The largest absolute Gasteiger partial charge is 0.394 e. The summed E-state index contributed by atoms with van der Waals surface area (Å²) < 4.78 is 9.92. The molecular formula is C7H14O5. The Morgan fingerprint density at radius 3 is 2.67 bits per heavy atom. The fourth-order valence-electron chi connectivity index (χ4n) is 1.22. The Morgan fingerprint density at radius 1 is 1.50 bits per heavy atom. The van der Waals surface area contributed by atoms with Crippen molar-refractivity contribution in [1.82, 2.24) is 0 Å². The van der Waals surface area contributed by atoms with Crippen molar-refractivity contribution in [3.8, 4) is 0 Å². The molecule has 0 bridgehead atoms. The third-order valence-corrected chi connectivity index (χ3v) is 1.98. The number of rotatable bonds is 2. The van der Waals surface area contributed by atoms with Gasteiger partial charge in [-0.1, -0.05) is 0 Å². The monoisotopic (exact) mass is 178 g/mol. The van der Waals surface area contributed by atoms with Gasteiger partial charge in [0.1, 0.15) is 12.2 Å². The highest BCUT2D eigenvalue weighted by Gasteiger charge is 2.36. The van der Waals surface area contributed by atoms with Gasteiger partial charge < -0.3 is 24.8 Å². The van der Waals surface area contributed by atoms with E-state index in [-0.39, 0.29) is 13.0 Å². The minimum absolute atomic E-state index is 0.230. The van der Waals surface area contributed by atoms with Gasteiger partial charge in [-0.25, -0.2) is 0 Å². The Kier molecular flexibility index (Phi) is 3.42. The molecule has 1 saturated heterocycles. The lowest BCUT2D eigenvalue weighted by Gasteiger charge is -2.35. The molecule has 0 unspecified atom stereocenters. The van der Waals surface area contributed by atoms with Crippen LogP contribution in [0.3, 0.4) is 0 Å². The fraction of sp³-hybridized carbons (Fsp3) is 1.00. The van der Waals surface area contributed by atoms with Crippen LogP contribution in [0, 0.1) is 0 Å². The lowest BCUT2D eigenvalue weighted by atomic mass is 10.0. The fourth-order valence-corrected chi connectivity index (χ4v) is 1.22. The van der Waals surface area contributed by atoms with Crippen LogP contribution in [-0.4, -0.2) is 53.6 Å². The number of ether oxygens (including phenoxy) is 2. The molecule has 1 rings (SSSR count). The summed E-state index contributed by atoms with van der Waals surface area (Å²) in [5.74, 6) is 0. The van der Waals surface area contributed by atoms with Gasteiger partial charge in [0.2, 0.25) is 0 Å². The minimum atomic E-state index is -1.03. The third-order valence-electron chi connectivity index (χ3n) is 1.98. The molecule has 0 aromatic carbocycles. The van der Waals surface area contributed by atoms with E-state index < -0.39 is 24.6 Å². The summed E-state index contributed by atoms with van der Waals surface area (Å²) in [6.45, 7) is -0.321. The quantitative estimate of drug-likeness (QED) is 0.477. The summed E-state index contributed by atoms with van der Waals surface area (Å²) in [5.41, 5.74) is 0. The molecule has 0 amide bonds. The van der Waals surface area contributed by atoms with Gasteiger partial charge in [0.15, 0.2) is 6.29 Å². The maximum atomic E-state index is 9.26. The van der Waals surface area contributed by atoms with Crippen LogP contribution in [-0.2, 0) is 9.47 Å². The summed E-state index contributed by atoms with van der Waals surface area (Å²) in [4.78, 5) is 0. The molecule has 1 heterocycles. The molecule has 12 heavy (non-hydrogen) atoms. The van der Waals surface area contributed by atoms with E-state index in [9.17, 15) is 10.2 Å².